The molecule has 2 heterocycles. The highest BCUT2D eigenvalue weighted by molar-refractivity contribution is 5.97. The molecular weight excluding hydrogens is 456 g/mol. The lowest BCUT2D eigenvalue weighted by molar-refractivity contribution is -0.160. The van der Waals surface area contributed by atoms with Crippen molar-refractivity contribution in [3.8, 4) is 0 Å². The van der Waals surface area contributed by atoms with Crippen molar-refractivity contribution in [2.45, 2.75) is 30.0 Å². The van der Waals surface area contributed by atoms with Crippen molar-refractivity contribution in [1.29, 1.82) is 0 Å². The Morgan fingerprint density at radius 3 is 1.56 bits per heavy atom. The second-order valence-corrected chi connectivity index (χ2v) is 7.17. The molecule has 0 aliphatic carbocycles. The van der Waals surface area contributed by atoms with Gasteiger partial charge >= 0.3 is 35.9 Å². The van der Waals surface area contributed by atoms with Gasteiger partial charge in [-0.05, 0) is 0 Å². The first-order valence-electron chi connectivity index (χ1n) is 9.51. The van der Waals surface area contributed by atoms with Gasteiger partial charge in [0.25, 0.3) is 0 Å². The highest BCUT2D eigenvalue weighted by atomic mass is 16.4. The Hall–Kier alpha value is -4.62. The molecule has 182 valence electrons. The molecule has 14 nitrogen and oxygen atoms in total. The summed E-state index contributed by atoms with van der Waals surface area (Å²) in [6.07, 6.45) is 1.23. The van der Waals surface area contributed by atoms with E-state index in [1.807, 2.05) is 0 Å². The van der Waals surface area contributed by atoms with E-state index in [-0.39, 0.29) is 0 Å². The third-order valence-electron chi connectivity index (χ3n) is 5.60. The van der Waals surface area contributed by atoms with Gasteiger partial charge in [0, 0.05) is 0 Å². The summed E-state index contributed by atoms with van der Waals surface area (Å²) >= 11 is 0. The van der Waals surface area contributed by atoms with Crippen molar-refractivity contribution in [2.24, 2.45) is 5.92 Å². The lowest BCUT2D eigenvalue weighted by Gasteiger charge is -2.47. The number of rotatable bonds is 12. The van der Waals surface area contributed by atoms with E-state index in [0.29, 0.717) is 14.7 Å². The Morgan fingerprint density at radius 1 is 0.765 bits per heavy atom. The normalized spacial score (nSPS) is 24.8. The van der Waals surface area contributed by atoms with E-state index >= 15 is 0 Å². The zero-order chi connectivity index (χ0) is 26.1. The summed E-state index contributed by atoms with van der Waals surface area (Å²) < 4.78 is 0. The van der Waals surface area contributed by atoms with Crippen LogP contribution < -0.4 is 5.32 Å². The van der Waals surface area contributed by atoms with E-state index in [1.165, 1.54) is 0 Å². The van der Waals surface area contributed by atoms with Crippen LogP contribution in [0.25, 0.3) is 0 Å². The van der Waals surface area contributed by atoms with Crippen LogP contribution >= 0.6 is 0 Å². The monoisotopic (exact) mass is 478 g/mol. The lowest BCUT2D eigenvalue weighted by atomic mass is 9.85. The van der Waals surface area contributed by atoms with Gasteiger partial charge in [-0.2, -0.15) is 0 Å². The van der Waals surface area contributed by atoms with Crippen LogP contribution in [-0.2, 0) is 19.2 Å². The van der Waals surface area contributed by atoms with E-state index in [0.717, 1.165) is 24.3 Å². The standard InChI is InChI=1S/C20H22N4O10/c1-5-9(13(25)26)20-17(21-18(33)23(20)11(7-3)15(29)30)22(10(6-2)14(27)28)19(34)24(20)12(8-4)16(31)32/h5-12,17H,1-4H2,(H,21,33)(H,25,26)(H,27,28)(H,29,30)(H,31,32). The first-order valence-corrected chi connectivity index (χ1v) is 9.51. The molecule has 4 amide bonds. The number of urea groups is 2. The van der Waals surface area contributed by atoms with E-state index in [2.05, 4.69) is 31.6 Å². The summed E-state index contributed by atoms with van der Waals surface area (Å²) in [5.41, 5.74) is -2.63. The minimum absolute atomic E-state index is 0.407. The van der Waals surface area contributed by atoms with E-state index in [9.17, 15) is 49.2 Å². The summed E-state index contributed by atoms with van der Waals surface area (Å²) in [6, 6.07) is -8.42. The summed E-state index contributed by atoms with van der Waals surface area (Å²) in [5, 5.41) is 41.3. The third kappa shape index (κ3) is 3.35. The van der Waals surface area contributed by atoms with Crippen molar-refractivity contribution in [3.63, 3.8) is 0 Å². The Kier molecular flexibility index (Phi) is 6.85. The average molecular weight is 478 g/mol. The molecule has 2 saturated heterocycles. The number of amides is 4. The number of carboxylic acids is 4. The molecule has 0 radical (unpaired) electrons. The zero-order valence-electron chi connectivity index (χ0n) is 17.6. The molecule has 5 N–H and O–H groups in total. The highest BCUT2D eigenvalue weighted by Gasteiger charge is 2.74. The van der Waals surface area contributed by atoms with Crippen molar-refractivity contribution >= 4 is 35.9 Å². The van der Waals surface area contributed by atoms with Gasteiger partial charge in [-0.15, -0.1) is 26.3 Å². The van der Waals surface area contributed by atoms with Crippen molar-refractivity contribution in [3.05, 3.63) is 50.6 Å². The number of hydrogen-bond donors (Lipinski definition) is 5. The molecule has 34 heavy (non-hydrogen) atoms. The van der Waals surface area contributed by atoms with Gasteiger partial charge in [0.2, 0.25) is 0 Å². The van der Waals surface area contributed by atoms with Gasteiger partial charge in [-0.25, -0.2) is 24.0 Å². The summed E-state index contributed by atoms with van der Waals surface area (Å²) in [6.45, 7) is 13.4. The van der Waals surface area contributed by atoms with Crippen LogP contribution in [0.5, 0.6) is 0 Å². The van der Waals surface area contributed by atoms with Crippen molar-refractivity contribution < 1.29 is 49.2 Å². The molecule has 2 aliphatic rings. The first-order chi connectivity index (χ1) is 15.9. The number of carbonyl (C=O) groups is 6. The minimum Gasteiger partial charge on any atom is -0.481 e. The number of nitrogens with one attached hydrogen (secondary N) is 1. The molecule has 2 fully saturated rings. The van der Waals surface area contributed by atoms with Gasteiger partial charge in [0.15, 0.2) is 30.0 Å². The Morgan fingerprint density at radius 2 is 1.21 bits per heavy atom. The van der Waals surface area contributed by atoms with Gasteiger partial charge < -0.3 is 25.7 Å². The van der Waals surface area contributed by atoms with E-state index in [1.54, 1.807) is 0 Å². The van der Waals surface area contributed by atoms with Gasteiger partial charge in [-0.1, -0.05) is 24.3 Å². The quantitative estimate of drug-likeness (QED) is 0.229. The number of hydrogen-bond acceptors (Lipinski definition) is 6. The Balaban J connectivity index is 3.09. The molecule has 0 aromatic rings. The predicted octanol–water partition coefficient (Wildman–Crippen LogP) is -0.424. The fraction of sp³-hybridized carbons (Fsp3) is 0.300. The summed E-state index contributed by atoms with van der Waals surface area (Å²) in [4.78, 5) is 76.2. The molecule has 14 heteroatoms. The van der Waals surface area contributed by atoms with Crippen LogP contribution in [0.15, 0.2) is 50.6 Å². The second kappa shape index (κ2) is 9.09. The topological polar surface area (TPSA) is 205 Å². The van der Waals surface area contributed by atoms with Crippen molar-refractivity contribution in [2.75, 3.05) is 0 Å². The van der Waals surface area contributed by atoms with Crippen LogP contribution in [0.3, 0.4) is 0 Å². The van der Waals surface area contributed by atoms with Crippen LogP contribution in [0, 0.1) is 5.92 Å². The maximum absolute atomic E-state index is 13.6. The molecular formula is C20H22N4O10. The molecule has 2 aliphatic heterocycles. The maximum atomic E-state index is 13.6. The number of aliphatic carboxylic acids is 4. The molecule has 6 atom stereocenters. The number of nitrogens with zero attached hydrogens (tertiary/aromatic N) is 3. The van der Waals surface area contributed by atoms with Gasteiger partial charge in [-0.3, -0.25) is 19.5 Å². The van der Waals surface area contributed by atoms with Gasteiger partial charge in [0.1, 0.15) is 5.92 Å². The molecule has 0 aromatic carbocycles. The molecule has 0 saturated carbocycles. The maximum Gasteiger partial charge on any atom is 0.330 e. The number of carbonyl (C=O) groups excluding carboxylic acids is 2. The van der Waals surface area contributed by atoms with E-state index < -0.39 is 71.8 Å². The van der Waals surface area contributed by atoms with Crippen LogP contribution in [0.4, 0.5) is 9.59 Å². The zero-order valence-corrected chi connectivity index (χ0v) is 17.6. The third-order valence-corrected chi connectivity index (χ3v) is 5.60. The van der Waals surface area contributed by atoms with Crippen LogP contribution in [-0.4, -0.2) is 101 Å². The number of fused-ring (bicyclic) bond motifs is 1. The second-order valence-electron chi connectivity index (χ2n) is 7.17. The fourth-order valence-corrected chi connectivity index (χ4v) is 4.36. The molecule has 6 unspecified atom stereocenters. The minimum atomic E-state index is -2.63. The van der Waals surface area contributed by atoms with Crippen molar-refractivity contribution in [1.82, 2.24) is 20.0 Å². The fourth-order valence-electron chi connectivity index (χ4n) is 4.36. The van der Waals surface area contributed by atoms with Gasteiger partial charge in [0.05, 0.1) is 0 Å². The largest absolute Gasteiger partial charge is 0.481 e. The average Bonchev–Trinajstić information content (AvgIpc) is 3.13. The Labute approximate surface area is 192 Å². The Bertz CT molecular complexity index is 1010. The van der Waals surface area contributed by atoms with E-state index in [4.69, 9.17) is 0 Å². The van der Waals surface area contributed by atoms with Crippen LogP contribution in [0.2, 0.25) is 0 Å². The first kappa shape index (κ1) is 25.6. The smallest absolute Gasteiger partial charge is 0.330 e. The number of carboxylic acid groups (broad SMARTS) is 4. The molecule has 0 spiro atoms. The van der Waals surface area contributed by atoms with Crippen LogP contribution in [0.1, 0.15) is 0 Å². The predicted molar refractivity (Wildman–Crippen MR) is 112 cm³/mol. The molecule has 0 aromatic heterocycles. The lowest BCUT2D eigenvalue weighted by Crippen LogP contribution is -2.70. The summed E-state index contributed by atoms with van der Waals surface area (Å²) in [5.74, 6) is -8.76. The highest BCUT2D eigenvalue weighted by Crippen LogP contribution is 2.48. The summed E-state index contributed by atoms with van der Waals surface area (Å²) in [7, 11) is 0. The molecule has 2 rings (SSSR count). The SMILES string of the molecule is C=CC(C(=O)O)N1C(=O)N(C(C=C)C(=O)O)C2(C(C=C)C(=O)O)C1NC(=O)N2C(C=C)C(=O)O. The molecule has 0 bridgehead atoms.